The second kappa shape index (κ2) is 9.92. The number of nitriles is 1. The van der Waals surface area contributed by atoms with Gasteiger partial charge in [-0.3, -0.25) is 4.79 Å². The second-order valence-corrected chi connectivity index (χ2v) is 8.31. The highest BCUT2D eigenvalue weighted by atomic mass is 127. The van der Waals surface area contributed by atoms with E-state index in [0.717, 1.165) is 20.4 Å². The topological polar surface area (TPSA) is 62.1 Å². The molecule has 0 fully saturated rings. The van der Waals surface area contributed by atoms with Crippen LogP contribution in [0.1, 0.15) is 25.0 Å². The van der Waals surface area contributed by atoms with E-state index in [9.17, 15) is 10.1 Å². The number of nitrogens with zero attached hydrogens (tertiary/aromatic N) is 1. The number of halogens is 2. The zero-order valence-corrected chi connectivity index (χ0v) is 18.7. The monoisotopic (exact) mass is 572 g/mol. The van der Waals surface area contributed by atoms with E-state index in [0.29, 0.717) is 6.61 Å². The lowest BCUT2D eigenvalue weighted by Gasteiger charge is -2.10. The largest absolute Gasteiger partial charge is 0.488 e. The molecule has 4 nitrogen and oxygen atoms in total. The molecule has 0 aliphatic rings. The molecule has 1 amide bonds. The van der Waals surface area contributed by atoms with Gasteiger partial charge < -0.3 is 10.1 Å². The van der Waals surface area contributed by atoms with Crippen molar-refractivity contribution in [1.82, 2.24) is 5.32 Å². The van der Waals surface area contributed by atoms with E-state index in [-0.39, 0.29) is 17.5 Å². The summed E-state index contributed by atoms with van der Waals surface area (Å²) >= 11 is 4.46. The Labute approximate surface area is 180 Å². The molecule has 0 aromatic heterocycles. The van der Waals surface area contributed by atoms with Crippen molar-refractivity contribution in [2.75, 3.05) is 0 Å². The molecule has 1 N–H and O–H groups in total. The van der Waals surface area contributed by atoms with Gasteiger partial charge in [0.25, 0.3) is 5.91 Å². The summed E-state index contributed by atoms with van der Waals surface area (Å²) in [7, 11) is 0. The third-order valence-electron chi connectivity index (χ3n) is 3.36. The first-order valence-corrected chi connectivity index (χ1v) is 10.1. The first-order chi connectivity index (χ1) is 12.4. The smallest absolute Gasteiger partial charge is 0.262 e. The van der Waals surface area contributed by atoms with Crippen molar-refractivity contribution in [2.45, 2.75) is 26.5 Å². The zero-order chi connectivity index (χ0) is 19.1. The number of benzene rings is 2. The Bertz CT molecular complexity index is 853. The van der Waals surface area contributed by atoms with Crippen LogP contribution in [0.5, 0.6) is 5.75 Å². The Balaban J connectivity index is 2.10. The van der Waals surface area contributed by atoms with Crippen LogP contribution in [0, 0.1) is 18.5 Å². The summed E-state index contributed by atoms with van der Waals surface area (Å²) in [6, 6.07) is 15.7. The molecule has 0 radical (unpaired) electrons. The summed E-state index contributed by atoms with van der Waals surface area (Å²) in [4.78, 5) is 12.0. The molecule has 26 heavy (non-hydrogen) atoms. The van der Waals surface area contributed by atoms with Crippen LogP contribution in [0.2, 0.25) is 0 Å². The van der Waals surface area contributed by atoms with E-state index >= 15 is 0 Å². The van der Waals surface area contributed by atoms with Crippen molar-refractivity contribution >= 4 is 57.2 Å². The number of amides is 1. The molecule has 0 unspecified atom stereocenters. The quantitative estimate of drug-likeness (QED) is 0.305. The summed E-state index contributed by atoms with van der Waals surface area (Å²) in [5.41, 5.74) is 1.97. The van der Waals surface area contributed by atoms with Gasteiger partial charge in [-0.1, -0.05) is 18.2 Å². The molecular formula is C20H18I2N2O2. The number of hydrogen-bond donors (Lipinski definition) is 1. The Kier molecular flexibility index (Phi) is 7.90. The predicted octanol–water partition coefficient (Wildman–Crippen LogP) is 4.91. The fourth-order valence-electron chi connectivity index (χ4n) is 2.12. The molecule has 0 atom stereocenters. The summed E-state index contributed by atoms with van der Waals surface area (Å²) < 4.78 is 7.98. The average Bonchev–Trinajstić information content (AvgIpc) is 2.59. The standard InChI is InChI=1S/C20H18I2N2O2/c1-13(2)24-20(25)16(11-23)9-15-5-8-19(18(22)10-15)26-12-14-3-6-17(21)7-4-14/h3-10,13H,12H2,1-2H3,(H,24,25)/b16-9-. The maximum atomic E-state index is 12.0. The first kappa shape index (κ1) is 20.7. The molecule has 6 heteroatoms. The average molecular weight is 572 g/mol. The molecule has 0 saturated heterocycles. The highest BCUT2D eigenvalue weighted by Crippen LogP contribution is 2.24. The van der Waals surface area contributed by atoms with E-state index in [4.69, 9.17) is 4.74 Å². The van der Waals surface area contributed by atoms with Crippen LogP contribution < -0.4 is 10.1 Å². The molecule has 0 bridgehead atoms. The van der Waals surface area contributed by atoms with Crippen LogP contribution >= 0.6 is 45.2 Å². The highest BCUT2D eigenvalue weighted by Gasteiger charge is 2.11. The number of carbonyl (C=O) groups excluding carboxylic acids is 1. The molecule has 2 rings (SSSR count). The lowest BCUT2D eigenvalue weighted by molar-refractivity contribution is -0.117. The van der Waals surface area contributed by atoms with Gasteiger partial charge in [0.2, 0.25) is 0 Å². The maximum Gasteiger partial charge on any atom is 0.262 e. The number of carbonyl (C=O) groups is 1. The Hall–Kier alpha value is -1.60. The molecular weight excluding hydrogens is 554 g/mol. The fraction of sp³-hybridized carbons (Fsp3) is 0.200. The predicted molar refractivity (Wildman–Crippen MR) is 120 cm³/mol. The molecule has 0 saturated carbocycles. The van der Waals surface area contributed by atoms with E-state index in [1.165, 1.54) is 3.57 Å². The molecule has 2 aromatic carbocycles. The van der Waals surface area contributed by atoms with Crippen molar-refractivity contribution in [2.24, 2.45) is 0 Å². The van der Waals surface area contributed by atoms with Crippen molar-refractivity contribution in [3.8, 4) is 11.8 Å². The Morgan fingerprint density at radius 1 is 1.23 bits per heavy atom. The minimum atomic E-state index is -0.364. The molecule has 2 aromatic rings. The third-order valence-corrected chi connectivity index (χ3v) is 4.92. The molecule has 0 aliphatic heterocycles. The van der Waals surface area contributed by atoms with Gasteiger partial charge >= 0.3 is 0 Å². The lowest BCUT2D eigenvalue weighted by Crippen LogP contribution is -2.30. The minimum Gasteiger partial charge on any atom is -0.488 e. The van der Waals surface area contributed by atoms with Crippen molar-refractivity contribution in [3.05, 3.63) is 66.3 Å². The normalized spacial score (nSPS) is 11.2. The van der Waals surface area contributed by atoms with Gasteiger partial charge in [0.15, 0.2) is 0 Å². The lowest BCUT2D eigenvalue weighted by atomic mass is 10.1. The van der Waals surface area contributed by atoms with Crippen LogP contribution in [0.3, 0.4) is 0 Å². The van der Waals surface area contributed by atoms with Gasteiger partial charge in [-0.05, 0) is 100 Å². The second-order valence-electron chi connectivity index (χ2n) is 5.90. The van der Waals surface area contributed by atoms with Gasteiger partial charge in [0, 0.05) is 9.61 Å². The van der Waals surface area contributed by atoms with Crippen LogP contribution in [0.25, 0.3) is 6.08 Å². The van der Waals surface area contributed by atoms with Crippen LogP contribution in [0.15, 0.2) is 48.0 Å². The van der Waals surface area contributed by atoms with Crippen LogP contribution in [-0.2, 0) is 11.4 Å². The van der Waals surface area contributed by atoms with Gasteiger partial charge in [0.1, 0.15) is 24.0 Å². The van der Waals surface area contributed by atoms with Crippen LogP contribution in [-0.4, -0.2) is 11.9 Å². The van der Waals surface area contributed by atoms with Gasteiger partial charge in [-0.2, -0.15) is 5.26 Å². The number of hydrogen-bond acceptors (Lipinski definition) is 3. The zero-order valence-electron chi connectivity index (χ0n) is 14.4. The summed E-state index contributed by atoms with van der Waals surface area (Å²) in [6.07, 6.45) is 1.59. The fourth-order valence-corrected chi connectivity index (χ4v) is 3.18. The highest BCUT2D eigenvalue weighted by molar-refractivity contribution is 14.1. The maximum absolute atomic E-state index is 12.0. The SMILES string of the molecule is CC(C)NC(=O)/C(C#N)=C\c1ccc(OCc2ccc(I)cc2)c(I)c1. The van der Waals surface area contributed by atoms with E-state index in [1.807, 2.05) is 62.4 Å². The summed E-state index contributed by atoms with van der Waals surface area (Å²) in [5.74, 6) is 0.406. The molecule has 134 valence electrons. The number of nitrogens with one attached hydrogen (secondary N) is 1. The van der Waals surface area contributed by atoms with E-state index in [1.54, 1.807) is 6.08 Å². The minimum absolute atomic E-state index is 0.0172. The Morgan fingerprint density at radius 2 is 1.92 bits per heavy atom. The van der Waals surface area contributed by atoms with Gasteiger partial charge in [-0.25, -0.2) is 0 Å². The van der Waals surface area contributed by atoms with Crippen molar-refractivity contribution in [1.29, 1.82) is 5.26 Å². The molecule has 0 spiro atoms. The summed E-state index contributed by atoms with van der Waals surface area (Å²) in [5, 5.41) is 11.9. The summed E-state index contributed by atoms with van der Waals surface area (Å²) in [6.45, 7) is 4.20. The first-order valence-electron chi connectivity index (χ1n) is 7.98. The number of ether oxygens (including phenoxy) is 1. The van der Waals surface area contributed by atoms with Crippen molar-refractivity contribution < 1.29 is 9.53 Å². The number of rotatable bonds is 6. The van der Waals surface area contributed by atoms with E-state index < -0.39 is 0 Å². The van der Waals surface area contributed by atoms with E-state index in [2.05, 4.69) is 50.5 Å². The van der Waals surface area contributed by atoms with Gasteiger partial charge in [0.05, 0.1) is 3.57 Å². The Morgan fingerprint density at radius 3 is 2.50 bits per heavy atom. The van der Waals surface area contributed by atoms with Gasteiger partial charge in [-0.15, -0.1) is 0 Å². The molecule has 0 aliphatic carbocycles. The van der Waals surface area contributed by atoms with Crippen LogP contribution in [0.4, 0.5) is 0 Å². The molecule has 0 heterocycles. The van der Waals surface area contributed by atoms with Crippen molar-refractivity contribution in [3.63, 3.8) is 0 Å². The third kappa shape index (κ3) is 6.29.